The number of benzene rings is 2. The van der Waals surface area contributed by atoms with Crippen LogP contribution in [0.25, 0.3) is 0 Å². The summed E-state index contributed by atoms with van der Waals surface area (Å²) in [6, 6.07) is 21.8. The van der Waals surface area contributed by atoms with Gasteiger partial charge in [0, 0.05) is 0 Å². The molecule has 100 valence electrons. The summed E-state index contributed by atoms with van der Waals surface area (Å²) in [7, 11) is 0. The molecule has 0 saturated heterocycles. The Morgan fingerprint density at radius 3 is 1.95 bits per heavy atom. The minimum atomic E-state index is 0.682. The van der Waals surface area contributed by atoms with E-state index in [0.717, 1.165) is 5.92 Å². The fraction of sp³-hybridized carbons (Fsp3) is 0.368. The molecule has 19 heavy (non-hydrogen) atoms. The molecule has 2 aromatic carbocycles. The Labute approximate surface area is 117 Å². The van der Waals surface area contributed by atoms with E-state index < -0.39 is 0 Å². The fourth-order valence-electron chi connectivity index (χ4n) is 2.70. The molecular formula is C19H24. The molecule has 0 N–H and O–H groups in total. The normalized spacial score (nSPS) is 12.6. The van der Waals surface area contributed by atoms with Crippen molar-refractivity contribution < 1.29 is 0 Å². The third kappa shape index (κ3) is 4.55. The number of hydrogen-bond acceptors (Lipinski definition) is 0. The summed E-state index contributed by atoms with van der Waals surface area (Å²) in [6.45, 7) is 4.64. The maximum absolute atomic E-state index is 2.32. The van der Waals surface area contributed by atoms with Crippen LogP contribution in [0, 0.1) is 5.92 Å². The number of aryl methyl sites for hydroxylation is 1. The first-order valence-corrected chi connectivity index (χ1v) is 7.34. The second-order valence-electron chi connectivity index (χ2n) is 5.76. The van der Waals surface area contributed by atoms with Gasteiger partial charge in [0.15, 0.2) is 0 Å². The van der Waals surface area contributed by atoms with Crippen molar-refractivity contribution in [3.8, 4) is 0 Å². The highest BCUT2D eigenvalue weighted by Gasteiger charge is 2.13. The van der Waals surface area contributed by atoms with Gasteiger partial charge in [0.2, 0.25) is 0 Å². The predicted octanol–water partition coefficient (Wildman–Crippen LogP) is 5.45. The summed E-state index contributed by atoms with van der Waals surface area (Å²) in [5.74, 6) is 1.43. The summed E-state index contributed by atoms with van der Waals surface area (Å²) < 4.78 is 0. The molecule has 1 atom stereocenters. The van der Waals surface area contributed by atoms with E-state index in [1.807, 2.05) is 0 Å². The Balaban J connectivity index is 2.02. The van der Waals surface area contributed by atoms with Crippen LogP contribution in [0.2, 0.25) is 0 Å². The van der Waals surface area contributed by atoms with Gasteiger partial charge in [0.1, 0.15) is 0 Å². The van der Waals surface area contributed by atoms with Crippen LogP contribution in [-0.2, 0) is 6.42 Å². The quantitative estimate of drug-likeness (QED) is 0.641. The average Bonchev–Trinajstić information content (AvgIpc) is 2.45. The number of hydrogen-bond donors (Lipinski definition) is 0. The van der Waals surface area contributed by atoms with Crippen molar-refractivity contribution in [2.24, 2.45) is 5.92 Å². The Morgan fingerprint density at radius 2 is 1.37 bits per heavy atom. The van der Waals surface area contributed by atoms with Crippen molar-refractivity contribution in [3.05, 3.63) is 71.8 Å². The van der Waals surface area contributed by atoms with Gasteiger partial charge in [0.25, 0.3) is 0 Å². The first-order chi connectivity index (χ1) is 9.25. The van der Waals surface area contributed by atoms with Gasteiger partial charge in [0.05, 0.1) is 0 Å². The SMILES string of the molecule is CC(C)CC(CCc1ccccc1)c1ccccc1. The van der Waals surface area contributed by atoms with Crippen LogP contribution in [0.15, 0.2) is 60.7 Å². The van der Waals surface area contributed by atoms with Crippen molar-refractivity contribution >= 4 is 0 Å². The van der Waals surface area contributed by atoms with E-state index in [-0.39, 0.29) is 0 Å². The van der Waals surface area contributed by atoms with Gasteiger partial charge in [-0.25, -0.2) is 0 Å². The van der Waals surface area contributed by atoms with Crippen LogP contribution in [-0.4, -0.2) is 0 Å². The molecule has 0 aliphatic carbocycles. The topological polar surface area (TPSA) is 0 Å². The molecule has 0 amide bonds. The molecule has 0 saturated carbocycles. The van der Waals surface area contributed by atoms with E-state index in [9.17, 15) is 0 Å². The Bertz CT molecular complexity index is 456. The Hall–Kier alpha value is -1.56. The van der Waals surface area contributed by atoms with Crippen LogP contribution in [0.1, 0.15) is 43.7 Å². The third-order valence-electron chi connectivity index (χ3n) is 3.65. The second-order valence-corrected chi connectivity index (χ2v) is 5.76. The van der Waals surface area contributed by atoms with Gasteiger partial charge in [-0.05, 0) is 42.2 Å². The van der Waals surface area contributed by atoms with Gasteiger partial charge < -0.3 is 0 Å². The molecule has 0 aromatic heterocycles. The molecule has 0 aliphatic rings. The predicted molar refractivity (Wildman–Crippen MR) is 83.4 cm³/mol. The lowest BCUT2D eigenvalue weighted by Crippen LogP contribution is -2.04. The minimum Gasteiger partial charge on any atom is -0.0628 e. The highest BCUT2D eigenvalue weighted by Crippen LogP contribution is 2.28. The minimum absolute atomic E-state index is 0.682. The van der Waals surface area contributed by atoms with Crippen LogP contribution >= 0.6 is 0 Å². The zero-order chi connectivity index (χ0) is 13.5. The fourth-order valence-corrected chi connectivity index (χ4v) is 2.70. The van der Waals surface area contributed by atoms with Gasteiger partial charge in [-0.15, -0.1) is 0 Å². The molecule has 0 spiro atoms. The van der Waals surface area contributed by atoms with Crippen molar-refractivity contribution in [1.82, 2.24) is 0 Å². The smallest absolute Gasteiger partial charge is 0.0156 e. The highest BCUT2D eigenvalue weighted by atomic mass is 14.2. The van der Waals surface area contributed by atoms with Crippen molar-refractivity contribution in [2.45, 2.75) is 39.0 Å². The van der Waals surface area contributed by atoms with Crippen molar-refractivity contribution in [1.29, 1.82) is 0 Å². The lowest BCUT2D eigenvalue weighted by Gasteiger charge is -2.19. The molecule has 0 radical (unpaired) electrons. The molecule has 0 heteroatoms. The van der Waals surface area contributed by atoms with Crippen molar-refractivity contribution in [2.75, 3.05) is 0 Å². The van der Waals surface area contributed by atoms with E-state index in [2.05, 4.69) is 74.5 Å². The number of rotatable bonds is 6. The summed E-state index contributed by atoms with van der Waals surface area (Å²) in [5, 5.41) is 0. The summed E-state index contributed by atoms with van der Waals surface area (Å²) >= 11 is 0. The second kappa shape index (κ2) is 7.13. The molecule has 0 aliphatic heterocycles. The van der Waals surface area contributed by atoms with E-state index in [1.54, 1.807) is 0 Å². The van der Waals surface area contributed by atoms with E-state index in [1.165, 1.54) is 30.4 Å². The third-order valence-corrected chi connectivity index (χ3v) is 3.65. The Morgan fingerprint density at radius 1 is 0.789 bits per heavy atom. The first kappa shape index (κ1) is 13.9. The van der Waals surface area contributed by atoms with Crippen LogP contribution < -0.4 is 0 Å². The van der Waals surface area contributed by atoms with Crippen LogP contribution in [0.4, 0.5) is 0 Å². The Kier molecular flexibility index (Phi) is 5.20. The summed E-state index contributed by atoms with van der Waals surface area (Å²) in [5.41, 5.74) is 2.94. The summed E-state index contributed by atoms with van der Waals surface area (Å²) in [4.78, 5) is 0. The molecule has 0 nitrogen and oxygen atoms in total. The standard InChI is InChI=1S/C19H24/c1-16(2)15-19(18-11-7-4-8-12-18)14-13-17-9-5-3-6-10-17/h3-12,16,19H,13-15H2,1-2H3. The van der Waals surface area contributed by atoms with Gasteiger partial charge in [-0.3, -0.25) is 0 Å². The monoisotopic (exact) mass is 252 g/mol. The van der Waals surface area contributed by atoms with Gasteiger partial charge >= 0.3 is 0 Å². The maximum Gasteiger partial charge on any atom is -0.0156 e. The van der Waals surface area contributed by atoms with Gasteiger partial charge in [-0.2, -0.15) is 0 Å². The van der Waals surface area contributed by atoms with E-state index >= 15 is 0 Å². The lowest BCUT2D eigenvalue weighted by molar-refractivity contribution is 0.476. The van der Waals surface area contributed by atoms with Crippen LogP contribution in [0.3, 0.4) is 0 Å². The van der Waals surface area contributed by atoms with Crippen LogP contribution in [0.5, 0.6) is 0 Å². The average molecular weight is 252 g/mol. The van der Waals surface area contributed by atoms with Gasteiger partial charge in [-0.1, -0.05) is 74.5 Å². The lowest BCUT2D eigenvalue weighted by atomic mass is 9.86. The molecule has 0 heterocycles. The first-order valence-electron chi connectivity index (χ1n) is 7.34. The molecular weight excluding hydrogens is 228 g/mol. The molecule has 2 aromatic rings. The van der Waals surface area contributed by atoms with E-state index in [0.29, 0.717) is 5.92 Å². The van der Waals surface area contributed by atoms with E-state index in [4.69, 9.17) is 0 Å². The largest absolute Gasteiger partial charge is 0.0628 e. The molecule has 0 bridgehead atoms. The molecule has 2 rings (SSSR count). The zero-order valence-electron chi connectivity index (χ0n) is 12.0. The van der Waals surface area contributed by atoms with Crippen molar-refractivity contribution in [3.63, 3.8) is 0 Å². The molecule has 1 unspecified atom stereocenters. The summed E-state index contributed by atoms with van der Waals surface area (Å²) in [6.07, 6.45) is 3.69. The maximum atomic E-state index is 2.32. The highest BCUT2D eigenvalue weighted by molar-refractivity contribution is 5.21. The molecule has 0 fully saturated rings. The zero-order valence-corrected chi connectivity index (χ0v) is 12.0.